The van der Waals surface area contributed by atoms with Gasteiger partial charge in [0.25, 0.3) is 0 Å². The van der Waals surface area contributed by atoms with Crippen molar-refractivity contribution in [2.45, 2.75) is 13.8 Å². The third kappa shape index (κ3) is 4.54. The summed E-state index contributed by atoms with van der Waals surface area (Å²) in [7, 11) is 0. The predicted molar refractivity (Wildman–Crippen MR) is 72.7 cm³/mol. The van der Waals surface area contributed by atoms with E-state index in [1.165, 1.54) is 12.5 Å². The number of nitrogens with zero attached hydrogens (tertiary/aromatic N) is 2. The molecular formula is C14H12N2Ra6. The molecule has 0 bridgehead atoms. The molecule has 0 N–H and O–H groups in total. The molecule has 0 fully saturated rings. The molecule has 8 heteroatoms. The average Bonchev–Trinajstić information content (AvgIpc) is 2.47. The van der Waals surface area contributed by atoms with Gasteiger partial charge >= 0.3 is 317 Å². The van der Waals surface area contributed by atoms with Gasteiger partial charge in [0.2, 0.25) is 0 Å². The second-order valence-corrected chi connectivity index (χ2v) is 30.8. The van der Waals surface area contributed by atoms with Crippen molar-refractivity contribution in [3.63, 3.8) is 0 Å². The van der Waals surface area contributed by atoms with Crippen molar-refractivity contribution in [2.75, 3.05) is 0 Å². The van der Waals surface area contributed by atoms with Crippen LogP contribution >= 0.6 is 0 Å². The molecule has 3 aromatic rings. The third-order valence-electron chi connectivity index (χ3n) is 5.53. The number of fused-ring (bicyclic) bond motifs is 3. The van der Waals surface area contributed by atoms with Crippen molar-refractivity contribution in [3.8, 4) is 0 Å². The maximum atomic E-state index is 5.18. The first-order chi connectivity index (χ1) is 10.3. The molecule has 0 aliphatic carbocycles. The normalized spacial score (nSPS) is 11.1. The van der Waals surface area contributed by atoms with Gasteiger partial charge in [-0.1, -0.05) is 0 Å². The first-order valence-electron chi connectivity index (χ1n) is 7.89. The fourth-order valence-corrected chi connectivity index (χ4v) is 18.5. The minimum absolute atomic E-state index is 0.355. The van der Waals surface area contributed by atoms with Gasteiger partial charge in [-0.3, -0.25) is 0 Å². The molecule has 0 saturated heterocycles. The molecule has 0 saturated carbocycles. The standard InChI is InChI=1S/C14H6N2.6Ra.6H/c1-9-5-7-15-13-11(9)3-4-12-10(2)6-8-16-14(12)13;;;;;;;;;;;;/h1-2H3;;;;;;;;;;;;. The SMILES string of the molecule is Cc1[c]([RaH])[c]([RaH])nc2c1[c]([RaH])[c]([RaH])c1c(C)[c]([RaH])[c]([RaH])nc12. The van der Waals surface area contributed by atoms with Crippen LogP contribution < -0.4 is 3.89 Å². The Labute approximate surface area is 306 Å². The Morgan fingerprint density at radius 3 is 1.18 bits per heavy atom. The summed E-state index contributed by atoms with van der Waals surface area (Å²) in [6, 6.07) is 0. The Bertz CT molecular complexity index is 889. The van der Waals surface area contributed by atoms with Crippen molar-refractivity contribution >= 4 is 25.7 Å². The molecule has 0 unspecified atom stereocenters. The van der Waals surface area contributed by atoms with E-state index < -0.39 is 0 Å². The predicted octanol–water partition coefficient (Wildman–Crippen LogP) is -3.16. The van der Waals surface area contributed by atoms with E-state index in [2.05, 4.69) is 13.8 Å². The summed E-state index contributed by atoms with van der Waals surface area (Å²) in [5, 5.41) is 3.16. The molecule has 90 valence electrons. The van der Waals surface area contributed by atoms with E-state index in [4.69, 9.17) is 9.97 Å². The summed E-state index contributed by atoms with van der Waals surface area (Å²) in [6.07, 6.45) is 0. The van der Waals surface area contributed by atoms with Crippen molar-refractivity contribution in [2.24, 2.45) is 0 Å². The molecule has 0 amide bonds. The fraction of sp³-hybridized carbons (Fsp3) is 0.143. The van der Waals surface area contributed by atoms with Crippen LogP contribution in [0.2, 0.25) is 0 Å². The molecule has 0 radical (unpaired) electrons. The molecule has 2 aromatic heterocycles. The molecule has 2 heterocycles. The van der Waals surface area contributed by atoms with E-state index in [0.717, 1.165) is 0 Å². The number of pyridine rings is 2. The second-order valence-electron chi connectivity index (χ2n) is 6.59. The molecule has 3 rings (SSSR count). The number of aromatic nitrogens is 2. The van der Waals surface area contributed by atoms with Gasteiger partial charge in [-0.05, 0) is 0 Å². The van der Waals surface area contributed by atoms with Crippen molar-refractivity contribution in [1.29, 1.82) is 0 Å². The zero-order valence-electron chi connectivity index (χ0n) is 14.9. The zero-order valence-corrected chi connectivity index (χ0v) is 64.2. The Balaban J connectivity index is 2.74. The van der Waals surface area contributed by atoms with E-state index in [0.29, 0.717) is 257 Å². The van der Waals surface area contributed by atoms with Gasteiger partial charge in [0.15, 0.2) is 0 Å². The second kappa shape index (κ2) is 9.98. The van der Waals surface area contributed by atoms with Gasteiger partial charge in [0.1, 0.15) is 0 Å². The fourth-order valence-electron chi connectivity index (χ4n) is 3.52. The average molecular weight is 1560 g/mol. The van der Waals surface area contributed by atoms with Gasteiger partial charge < -0.3 is 0 Å². The van der Waals surface area contributed by atoms with E-state index in [1.54, 1.807) is 24.3 Å². The summed E-state index contributed by atoms with van der Waals surface area (Å²) >= 11 is 2.34. The maximum absolute atomic E-state index is 5.18. The minimum atomic E-state index is 0.355. The molecule has 2 nitrogen and oxygen atoms in total. The van der Waals surface area contributed by atoms with Gasteiger partial charge in [-0.25, -0.2) is 0 Å². The van der Waals surface area contributed by atoms with Gasteiger partial charge in [0, 0.05) is 0 Å². The number of rotatable bonds is 0. The summed E-state index contributed by atoms with van der Waals surface area (Å²) < 4.78 is 9.99. The van der Waals surface area contributed by atoms with E-state index in [-0.39, 0.29) is 0 Å². The Morgan fingerprint density at radius 1 is 0.545 bits per heavy atom. The quantitative estimate of drug-likeness (QED) is 0.223. The van der Waals surface area contributed by atoms with Crippen molar-refractivity contribution in [1.82, 2.24) is 9.97 Å². The Hall–Kier alpha value is 6.85. The van der Waals surface area contributed by atoms with E-state index in [9.17, 15) is 0 Å². The number of hydrogen-bond acceptors (Lipinski definition) is 2. The van der Waals surface area contributed by atoms with Crippen molar-refractivity contribution in [3.05, 3.63) is 11.1 Å². The van der Waals surface area contributed by atoms with Crippen LogP contribution in [0.5, 0.6) is 0 Å². The van der Waals surface area contributed by atoms with E-state index >= 15 is 0 Å². The monoisotopic (exact) mass is 1560 g/mol. The van der Waals surface area contributed by atoms with Crippen LogP contribution in [0.4, 0.5) is 0 Å². The zero-order chi connectivity index (χ0) is 16.3. The summed E-state index contributed by atoms with van der Waals surface area (Å²) in [5.74, 6) is 0. The van der Waals surface area contributed by atoms with Crippen LogP contribution in [0.1, 0.15) is 11.1 Å². The van der Waals surface area contributed by atoms with Crippen LogP contribution in [0.25, 0.3) is 21.8 Å². The Morgan fingerprint density at radius 2 is 0.864 bits per heavy atom. The first kappa shape index (κ1) is 23.5. The Kier molecular flexibility index (Phi) is 10.7. The van der Waals surface area contributed by atoms with Crippen LogP contribution in [-0.2, 0) is 0 Å². The van der Waals surface area contributed by atoms with Crippen LogP contribution in [0, 0.1) is 271 Å². The topological polar surface area (TPSA) is 25.8 Å². The number of hydrogen-bond donors (Lipinski definition) is 0. The van der Waals surface area contributed by atoms with E-state index in [1.807, 2.05) is 0 Å². The summed E-state index contributed by atoms with van der Waals surface area (Å²) in [6.45, 7) is 4.78. The van der Waals surface area contributed by atoms with Gasteiger partial charge in [-0.15, -0.1) is 0 Å². The third-order valence-corrected chi connectivity index (χ3v) is 86.6. The summed E-state index contributed by atoms with van der Waals surface area (Å²) in [4.78, 5) is 10.4. The molecule has 0 aliphatic heterocycles. The molecule has 0 atom stereocenters. The van der Waals surface area contributed by atoms with Crippen LogP contribution in [0.3, 0.4) is 0 Å². The van der Waals surface area contributed by atoms with Gasteiger partial charge in [-0.2, -0.15) is 0 Å². The number of benzene rings is 1. The number of aryl methyl sites for hydroxylation is 2. The van der Waals surface area contributed by atoms with Crippen molar-refractivity contribution < 1.29 is 257 Å². The summed E-state index contributed by atoms with van der Waals surface area (Å²) in [5.41, 5.74) is 5.87. The first-order valence-corrected chi connectivity index (χ1v) is 32.6. The molecule has 0 spiro atoms. The molecule has 22 heavy (non-hydrogen) atoms. The van der Waals surface area contributed by atoms with Gasteiger partial charge in [0.05, 0.1) is 0 Å². The molecule has 0 aliphatic rings. The van der Waals surface area contributed by atoms with Crippen LogP contribution in [0.15, 0.2) is 0 Å². The molecular weight excluding hydrogens is 1550 g/mol. The molecule has 1 aromatic carbocycles. The van der Waals surface area contributed by atoms with Crippen LogP contribution in [-0.4, -0.2) is 9.97 Å².